The van der Waals surface area contributed by atoms with Gasteiger partial charge in [0.2, 0.25) is 0 Å². The summed E-state index contributed by atoms with van der Waals surface area (Å²) < 4.78 is 4.23. The van der Waals surface area contributed by atoms with Crippen molar-refractivity contribution in [2.75, 3.05) is 0 Å². The molecule has 56 valence electrons. The summed E-state index contributed by atoms with van der Waals surface area (Å²) in [6.45, 7) is 2.10. The molecule has 0 aromatic carbocycles. The summed E-state index contributed by atoms with van der Waals surface area (Å²) in [5.74, 6) is 0. The highest BCUT2D eigenvalue weighted by molar-refractivity contribution is 7.07. The van der Waals surface area contributed by atoms with Gasteiger partial charge in [0, 0.05) is 0 Å². The molecule has 0 bridgehead atoms. The van der Waals surface area contributed by atoms with Gasteiger partial charge in [0.15, 0.2) is 0 Å². The topological polar surface area (TPSA) is 38.7 Å². The van der Waals surface area contributed by atoms with Crippen LogP contribution in [0.25, 0.3) is 11.0 Å². The molecule has 0 spiro atoms. The van der Waals surface area contributed by atoms with Crippen LogP contribution in [-0.4, -0.2) is 14.6 Å². The van der Waals surface area contributed by atoms with Crippen LogP contribution in [0.4, 0.5) is 0 Å². The lowest BCUT2D eigenvalue weighted by molar-refractivity contribution is 1.06. The maximum absolute atomic E-state index is 4.23. The molecule has 0 unspecified atom stereocenters. The Morgan fingerprint density at radius 3 is 3.27 bits per heavy atom. The zero-order chi connectivity index (χ0) is 7.68. The number of fused-ring (bicyclic) bond motifs is 1. The molecule has 3 nitrogen and oxygen atoms in total. The minimum atomic E-state index is 0.958. The second-order valence-corrected chi connectivity index (χ2v) is 3.08. The maximum Gasteiger partial charge on any atom is 0.127 e. The first-order valence-electron chi connectivity index (χ1n) is 3.47. The lowest BCUT2D eigenvalue weighted by Gasteiger charge is -1.86. The fraction of sp³-hybridized carbons (Fsp3) is 0.286. The molecule has 0 amide bonds. The summed E-state index contributed by atoms with van der Waals surface area (Å²) >= 11 is 1.51. The standard InChI is InChI=1S/C7H7N3S/c1-2-6-7-5(10-11-6)3-4-8-9-7/h3-4H,2H2,1H3. The predicted octanol–water partition coefficient (Wildman–Crippen LogP) is 1.65. The van der Waals surface area contributed by atoms with E-state index >= 15 is 0 Å². The molecule has 0 saturated carbocycles. The smallest absolute Gasteiger partial charge is 0.127 e. The maximum atomic E-state index is 4.23. The normalized spacial score (nSPS) is 10.6. The lowest BCUT2D eigenvalue weighted by atomic mass is 10.3. The number of nitrogens with zero attached hydrogens (tertiary/aromatic N) is 3. The molecule has 0 saturated heterocycles. The molecule has 2 aromatic rings. The van der Waals surface area contributed by atoms with E-state index in [9.17, 15) is 0 Å². The molecule has 0 N–H and O–H groups in total. The molecular weight excluding hydrogens is 158 g/mol. The highest BCUT2D eigenvalue weighted by atomic mass is 32.1. The molecule has 2 aromatic heterocycles. The molecule has 0 aliphatic carbocycles. The van der Waals surface area contributed by atoms with Gasteiger partial charge in [0.05, 0.1) is 11.1 Å². The Bertz CT molecular complexity index is 368. The van der Waals surface area contributed by atoms with Crippen molar-refractivity contribution >= 4 is 22.6 Å². The van der Waals surface area contributed by atoms with E-state index in [2.05, 4.69) is 21.5 Å². The average Bonchev–Trinajstić information content (AvgIpc) is 2.47. The SMILES string of the molecule is CCc1snc2ccnnc12. The van der Waals surface area contributed by atoms with Gasteiger partial charge in [-0.1, -0.05) is 6.92 Å². The van der Waals surface area contributed by atoms with E-state index in [1.807, 2.05) is 6.07 Å². The first-order valence-corrected chi connectivity index (χ1v) is 4.25. The van der Waals surface area contributed by atoms with Gasteiger partial charge in [-0.2, -0.15) is 9.47 Å². The second-order valence-electron chi connectivity index (χ2n) is 2.22. The molecule has 0 aliphatic heterocycles. The van der Waals surface area contributed by atoms with Gasteiger partial charge in [-0.25, -0.2) is 0 Å². The van der Waals surface area contributed by atoms with E-state index in [1.54, 1.807) is 6.20 Å². The van der Waals surface area contributed by atoms with Crippen LogP contribution in [0, 0.1) is 0 Å². The van der Waals surface area contributed by atoms with E-state index in [0.717, 1.165) is 17.5 Å². The summed E-state index contributed by atoms with van der Waals surface area (Å²) in [4.78, 5) is 1.22. The molecule has 0 fully saturated rings. The summed E-state index contributed by atoms with van der Waals surface area (Å²) in [6.07, 6.45) is 2.65. The number of hydrogen-bond acceptors (Lipinski definition) is 4. The third kappa shape index (κ3) is 0.991. The van der Waals surface area contributed by atoms with Gasteiger partial charge in [-0.3, -0.25) is 0 Å². The molecule has 0 radical (unpaired) electrons. The summed E-state index contributed by atoms with van der Waals surface area (Å²) in [7, 11) is 0. The molecule has 11 heavy (non-hydrogen) atoms. The molecule has 0 aliphatic rings. The van der Waals surface area contributed by atoms with Crippen molar-refractivity contribution in [1.29, 1.82) is 0 Å². The van der Waals surface area contributed by atoms with Crippen LogP contribution in [0.1, 0.15) is 11.8 Å². The van der Waals surface area contributed by atoms with E-state index in [4.69, 9.17) is 0 Å². The van der Waals surface area contributed by atoms with Gasteiger partial charge in [0.25, 0.3) is 0 Å². The summed E-state index contributed by atoms with van der Waals surface area (Å²) in [6, 6.07) is 1.89. The van der Waals surface area contributed by atoms with Gasteiger partial charge in [-0.05, 0) is 24.0 Å². The van der Waals surface area contributed by atoms with Gasteiger partial charge in [-0.15, -0.1) is 5.10 Å². The summed E-state index contributed by atoms with van der Waals surface area (Å²) in [5.41, 5.74) is 1.92. The predicted molar refractivity (Wildman–Crippen MR) is 44.6 cm³/mol. The largest absolute Gasteiger partial charge is 0.191 e. The Morgan fingerprint density at radius 1 is 1.55 bits per heavy atom. The van der Waals surface area contributed by atoms with Crippen molar-refractivity contribution in [1.82, 2.24) is 14.6 Å². The molecule has 0 atom stereocenters. The van der Waals surface area contributed by atoms with Crippen LogP contribution in [0.3, 0.4) is 0 Å². The Labute approximate surface area is 68.3 Å². The van der Waals surface area contributed by atoms with Gasteiger partial charge in [0.1, 0.15) is 11.0 Å². The monoisotopic (exact) mass is 165 g/mol. The van der Waals surface area contributed by atoms with Crippen LogP contribution in [0.2, 0.25) is 0 Å². The van der Waals surface area contributed by atoms with Crippen molar-refractivity contribution in [3.8, 4) is 0 Å². The van der Waals surface area contributed by atoms with E-state index in [-0.39, 0.29) is 0 Å². The van der Waals surface area contributed by atoms with Crippen molar-refractivity contribution in [2.45, 2.75) is 13.3 Å². The second kappa shape index (κ2) is 2.54. The Morgan fingerprint density at radius 2 is 2.45 bits per heavy atom. The van der Waals surface area contributed by atoms with Crippen molar-refractivity contribution in [3.05, 3.63) is 17.1 Å². The van der Waals surface area contributed by atoms with Crippen LogP contribution < -0.4 is 0 Å². The first-order chi connectivity index (χ1) is 5.42. The molecule has 4 heteroatoms. The van der Waals surface area contributed by atoms with Crippen molar-refractivity contribution in [2.24, 2.45) is 0 Å². The minimum absolute atomic E-state index is 0.958. The quantitative estimate of drug-likeness (QED) is 0.645. The van der Waals surface area contributed by atoms with E-state index in [1.165, 1.54) is 16.4 Å². The summed E-state index contributed by atoms with van der Waals surface area (Å²) in [5, 5.41) is 7.82. The molecular formula is C7H7N3S. The van der Waals surface area contributed by atoms with Gasteiger partial charge >= 0.3 is 0 Å². The minimum Gasteiger partial charge on any atom is -0.191 e. The fourth-order valence-corrected chi connectivity index (χ4v) is 1.69. The van der Waals surface area contributed by atoms with E-state index < -0.39 is 0 Å². The highest BCUT2D eigenvalue weighted by Gasteiger charge is 2.03. The van der Waals surface area contributed by atoms with Crippen LogP contribution in [0.15, 0.2) is 12.3 Å². The van der Waals surface area contributed by atoms with Crippen molar-refractivity contribution in [3.63, 3.8) is 0 Å². The fourth-order valence-electron chi connectivity index (χ4n) is 0.977. The molecule has 2 rings (SSSR count). The Balaban J connectivity index is 2.76. The highest BCUT2D eigenvalue weighted by Crippen LogP contribution is 2.18. The number of rotatable bonds is 1. The zero-order valence-corrected chi connectivity index (χ0v) is 6.93. The first kappa shape index (κ1) is 6.67. The average molecular weight is 165 g/mol. The van der Waals surface area contributed by atoms with Gasteiger partial charge < -0.3 is 0 Å². The Kier molecular flexibility index (Phi) is 1.54. The van der Waals surface area contributed by atoms with Crippen LogP contribution in [-0.2, 0) is 6.42 Å². The van der Waals surface area contributed by atoms with Crippen molar-refractivity contribution < 1.29 is 0 Å². The lowest BCUT2D eigenvalue weighted by Crippen LogP contribution is -1.81. The third-order valence-electron chi connectivity index (χ3n) is 1.54. The van der Waals surface area contributed by atoms with Crippen LogP contribution >= 0.6 is 11.5 Å². The number of aryl methyl sites for hydroxylation is 1. The zero-order valence-electron chi connectivity index (χ0n) is 6.11. The number of aromatic nitrogens is 3. The molecule has 2 heterocycles. The van der Waals surface area contributed by atoms with E-state index in [0.29, 0.717) is 0 Å². The third-order valence-corrected chi connectivity index (χ3v) is 2.53. The number of hydrogen-bond donors (Lipinski definition) is 0. The van der Waals surface area contributed by atoms with Crippen LogP contribution in [0.5, 0.6) is 0 Å². The Hall–Kier alpha value is -1.03.